The fourth-order valence-electron chi connectivity index (χ4n) is 7.85. The van der Waals surface area contributed by atoms with Crippen molar-refractivity contribution in [1.29, 1.82) is 0 Å². The topological polar surface area (TPSA) is 601 Å². The Labute approximate surface area is 412 Å². The highest BCUT2D eigenvalue weighted by Crippen LogP contribution is 2.36. The Balaban J connectivity index is 1.35. The number of hydrogen-bond acceptors (Lipinski definition) is 33. The van der Waals surface area contributed by atoms with E-state index >= 15 is 0 Å². The van der Waals surface area contributed by atoms with Gasteiger partial charge in [0.2, 0.25) is 0 Å². The van der Waals surface area contributed by atoms with Gasteiger partial charge in [0.25, 0.3) is 0 Å². The monoisotopic (exact) mass is 1160 g/mol. The second-order valence-electron chi connectivity index (χ2n) is 16.3. The molecule has 0 radical (unpaired) electrons. The number of rotatable bonds is 22. The Hall–Kier alpha value is -2.14. The molecule has 5 fully saturated rings. The first kappa shape index (κ1) is 61.7. The summed E-state index contributed by atoms with van der Waals surface area (Å²) < 4.78 is 202. The first-order chi connectivity index (χ1) is 33.6. The van der Waals surface area contributed by atoms with E-state index in [1.165, 1.54) is 0 Å². The van der Waals surface area contributed by atoms with Crippen molar-refractivity contribution in [1.82, 2.24) is 0 Å². The van der Waals surface area contributed by atoms with Gasteiger partial charge in [0.15, 0.2) is 49.9 Å². The van der Waals surface area contributed by atoms with Crippen LogP contribution >= 0.6 is 0 Å². The van der Waals surface area contributed by atoms with Crippen LogP contribution in [0.5, 0.6) is 0 Å². The van der Waals surface area contributed by atoms with Crippen LogP contribution in [0.25, 0.3) is 0 Å². The van der Waals surface area contributed by atoms with Crippen LogP contribution in [0.2, 0.25) is 0 Å². The van der Waals surface area contributed by atoms with E-state index in [0.29, 0.717) is 0 Å². The third-order valence-corrected chi connectivity index (χ3v) is 13.1. The molecule has 0 aromatic rings. The summed E-state index contributed by atoms with van der Waals surface area (Å²) in [6.45, 7) is -3.59. The van der Waals surface area contributed by atoms with Crippen LogP contribution < -0.4 is 17.2 Å². The molecule has 426 valence electrons. The summed E-state index contributed by atoms with van der Waals surface area (Å²) in [6, 6.07) is -4.96. The number of hydrogen-bond donors (Lipinski definition) is 14. The smallest absolute Gasteiger partial charge is 0.397 e. The normalized spacial score (nSPS) is 43.3. The van der Waals surface area contributed by atoms with E-state index in [4.69, 9.17) is 73.7 Å². The fraction of sp³-hybridized carbons (Fsp3) is 0.935. The predicted octanol–water partition coefficient (Wildman–Crippen LogP) is -10.7. The van der Waals surface area contributed by atoms with E-state index in [9.17, 15) is 88.1 Å². The van der Waals surface area contributed by atoms with Gasteiger partial charge in [0.1, 0.15) is 79.4 Å². The van der Waals surface area contributed by atoms with E-state index in [1.54, 1.807) is 0 Å². The Morgan fingerprint density at radius 1 is 0.534 bits per heavy atom. The Morgan fingerprint density at radius 2 is 1.04 bits per heavy atom. The molecule has 5 aliphatic heterocycles. The number of aliphatic carboxylic acids is 1. The molecule has 0 bridgehead atoms. The van der Waals surface area contributed by atoms with Crippen LogP contribution in [-0.2, 0) is 115 Å². The molecule has 5 heterocycles. The van der Waals surface area contributed by atoms with E-state index in [-0.39, 0.29) is 6.29 Å². The lowest BCUT2D eigenvalue weighted by Crippen LogP contribution is -2.68. The molecule has 17 N–H and O–H groups in total. The Bertz CT molecular complexity index is 2320. The van der Waals surface area contributed by atoms with Crippen molar-refractivity contribution >= 4 is 53.9 Å². The van der Waals surface area contributed by atoms with Crippen molar-refractivity contribution in [3.8, 4) is 0 Å². The van der Waals surface area contributed by atoms with E-state index in [2.05, 4.69) is 16.7 Å². The van der Waals surface area contributed by atoms with Crippen LogP contribution in [0.1, 0.15) is 6.42 Å². The molecule has 0 aromatic carbocycles. The lowest BCUT2D eigenvalue weighted by Gasteiger charge is -2.48. The summed E-state index contributed by atoms with van der Waals surface area (Å²) in [4.78, 5) is 25.0. The summed E-state index contributed by atoms with van der Waals surface area (Å²) in [5.74, 6) is -1.95. The van der Waals surface area contributed by atoms with Gasteiger partial charge in [-0.15, -0.1) is 0 Å². The highest BCUT2D eigenvalue weighted by atomic mass is 32.3. The van der Waals surface area contributed by atoms with Gasteiger partial charge in [-0.1, -0.05) is 0 Å². The number of methoxy groups -OCH3 is 1. The van der Waals surface area contributed by atoms with E-state index in [1.807, 2.05) is 0 Å². The number of aliphatic hydroxyl groups excluding tert-OH is 6. The van der Waals surface area contributed by atoms with E-state index < -0.39 is 221 Å². The summed E-state index contributed by atoms with van der Waals surface area (Å²) in [7, 11) is -20.3. The average molecular weight is 1160 g/mol. The summed E-state index contributed by atoms with van der Waals surface area (Å²) >= 11 is 0. The minimum absolute atomic E-state index is 0.0777. The van der Waals surface area contributed by atoms with Gasteiger partial charge in [-0.3, -0.25) is 18.2 Å². The highest BCUT2D eigenvalue weighted by molar-refractivity contribution is 7.81. The maximum absolute atomic E-state index is 12.5. The summed E-state index contributed by atoms with van der Waals surface area (Å²) in [6.07, 6.45) is -45.1. The van der Waals surface area contributed by atoms with Gasteiger partial charge in [-0.05, 0) is 6.42 Å². The second-order valence-corrected chi connectivity index (χ2v) is 20.7. The molecular formula is C31H53N3O35S4. The van der Waals surface area contributed by atoms with Crippen LogP contribution in [0.15, 0.2) is 0 Å². The fourth-order valence-corrected chi connectivity index (χ4v) is 9.25. The van der Waals surface area contributed by atoms with Crippen LogP contribution in [0.4, 0.5) is 0 Å². The van der Waals surface area contributed by atoms with Crippen LogP contribution in [0.3, 0.4) is 0 Å². The zero-order valence-electron chi connectivity index (χ0n) is 36.8. The molecule has 0 spiro atoms. The molecule has 5 saturated heterocycles. The van der Waals surface area contributed by atoms with Gasteiger partial charge in [0, 0.05) is 7.11 Å². The number of carbonyl (C=O) groups excluding carboxylic acids is 1. The highest BCUT2D eigenvalue weighted by Gasteiger charge is 2.57. The van der Waals surface area contributed by atoms with Gasteiger partial charge in [-0.2, -0.15) is 33.7 Å². The molecule has 38 nitrogen and oxygen atoms in total. The lowest BCUT2D eigenvalue weighted by molar-refractivity contribution is -0.364. The average Bonchev–Trinajstić information content (AvgIpc) is 3.27. The van der Waals surface area contributed by atoms with Crippen molar-refractivity contribution in [3.63, 3.8) is 0 Å². The molecular weight excluding hydrogens is 1100 g/mol. The standard InChI is InChI=1S/C31H53N3O35S4/c1-56-28-14(34)17(38)22(12(64-28)6-59-72(50,51)52)66-31-24(69-73(53,54)55)20(41)21(9(3-35)61-31)65-27-7(32)2-8(10(62-27)4-57-70(44,45)46)60-30-19(40)18(39)23(25(68-30)26(42)43)67-29-13(33)16(37)15(36)11(63-29)5-58-71(47,48)49/h3,7-25,27-31,36-41H,2,4-6,32-34H2,1H3,(H,42,43)(H,44,45,46)(H,47,48,49)(H,50,51,52)(H,53,54,55)/t7?,8-,9?,10?,11?,12?,13?,14?,15+,16+,17+,18+,19?,20?,21-,22+,23-,24-,25?,27-,28-,29+,30+,31-/m0/s1. The first-order valence-corrected chi connectivity index (χ1v) is 26.1. The van der Waals surface area contributed by atoms with Gasteiger partial charge < -0.3 is 105 Å². The molecule has 42 heteroatoms. The summed E-state index contributed by atoms with van der Waals surface area (Å²) in [5.41, 5.74) is 18.1. The molecule has 73 heavy (non-hydrogen) atoms. The number of ether oxygens (including phenoxy) is 10. The number of carbonyl (C=O) groups is 2. The maximum atomic E-state index is 12.5. The third-order valence-electron chi connectivity index (χ3n) is 11.3. The molecule has 10 unspecified atom stereocenters. The molecule has 5 rings (SSSR count). The molecule has 0 saturated carbocycles. The predicted molar refractivity (Wildman–Crippen MR) is 217 cm³/mol. The van der Waals surface area contributed by atoms with Crippen molar-refractivity contribution in [2.45, 2.75) is 154 Å². The van der Waals surface area contributed by atoms with Crippen molar-refractivity contribution in [2.75, 3.05) is 26.9 Å². The van der Waals surface area contributed by atoms with Crippen molar-refractivity contribution < 1.29 is 161 Å². The number of aldehydes is 1. The van der Waals surface area contributed by atoms with Gasteiger partial charge >= 0.3 is 47.6 Å². The van der Waals surface area contributed by atoms with E-state index in [0.717, 1.165) is 7.11 Å². The first-order valence-electron chi connectivity index (χ1n) is 20.6. The van der Waals surface area contributed by atoms with Crippen molar-refractivity contribution in [2.24, 2.45) is 17.2 Å². The molecule has 0 aliphatic carbocycles. The lowest BCUT2D eigenvalue weighted by atomic mass is 9.95. The van der Waals surface area contributed by atoms with Crippen LogP contribution in [-0.4, -0.2) is 274 Å². The quantitative estimate of drug-likeness (QED) is 0.0354. The van der Waals surface area contributed by atoms with Gasteiger partial charge in [0.05, 0.1) is 44.1 Å². The zero-order valence-corrected chi connectivity index (χ0v) is 40.1. The molecule has 0 aromatic heterocycles. The SMILES string of the molecule is CO[C@H]1OC(COS(=O)(=O)O)[C@@H](O[C@@H]2OC(C=O)[C@H](O[C@@H]3OC(COS(=O)(=O)O)[C@@H](O[C@@H]4OC(C(=O)O)[C@@H](O[C@H]5OC(COS(=O)(=O)O)[C@@H](O)[C@H](O)C5N)[C@H](O)C4O)CC3N)C(O)[C@@H]2OS(=O)(=O)O)[C@H](O)C1N. The number of carboxylic acid groups (broad SMARTS) is 1. The van der Waals surface area contributed by atoms with Crippen molar-refractivity contribution in [3.05, 3.63) is 0 Å². The maximum Gasteiger partial charge on any atom is 0.397 e. The molecule has 5 aliphatic rings. The molecule has 0 amide bonds. The Morgan fingerprint density at radius 3 is 1.58 bits per heavy atom. The summed E-state index contributed by atoms with van der Waals surface area (Å²) in [5, 5.41) is 75.6. The number of aliphatic hydroxyl groups is 6. The largest absolute Gasteiger partial charge is 0.479 e. The molecule has 24 atom stereocenters. The third kappa shape index (κ3) is 16.2. The second kappa shape index (κ2) is 24.7. The number of carboxylic acids is 1. The van der Waals surface area contributed by atoms with Gasteiger partial charge in [-0.25, -0.2) is 21.5 Å². The van der Waals surface area contributed by atoms with Crippen LogP contribution in [0, 0.1) is 0 Å². The minimum atomic E-state index is -5.66. The Kier molecular flexibility index (Phi) is 20.9. The minimum Gasteiger partial charge on any atom is -0.479 e. The zero-order chi connectivity index (χ0) is 54.9. The number of nitrogens with two attached hydrogens (primary N) is 3.